The Morgan fingerprint density at radius 1 is 1.38 bits per heavy atom. The molecule has 0 aliphatic heterocycles. The molecule has 0 atom stereocenters. The lowest BCUT2D eigenvalue weighted by molar-refractivity contribution is 1.08. The number of aryl methyl sites for hydroxylation is 1. The summed E-state index contributed by atoms with van der Waals surface area (Å²) in [5.74, 6) is 0. The van der Waals surface area contributed by atoms with Gasteiger partial charge in [-0.15, -0.1) is 11.3 Å². The summed E-state index contributed by atoms with van der Waals surface area (Å²) in [5.41, 5.74) is 3.02. The summed E-state index contributed by atoms with van der Waals surface area (Å²) < 4.78 is 3.16. The van der Waals surface area contributed by atoms with E-state index in [-0.39, 0.29) is 0 Å². The van der Waals surface area contributed by atoms with Crippen LogP contribution < -0.4 is 0 Å². The highest BCUT2D eigenvalue weighted by atomic mass is 79.9. The Balaban J connectivity index is 2.28. The monoisotopic (exact) mass is 293 g/mol. The van der Waals surface area contributed by atoms with Crippen molar-refractivity contribution in [2.75, 3.05) is 0 Å². The van der Waals surface area contributed by atoms with E-state index in [2.05, 4.69) is 37.2 Å². The molecule has 0 aliphatic carbocycles. The zero-order chi connectivity index (χ0) is 11.1. The van der Waals surface area contributed by atoms with Gasteiger partial charge in [-0.05, 0) is 35.0 Å². The molecule has 0 bridgehead atoms. The third kappa shape index (κ3) is 1.47. The van der Waals surface area contributed by atoms with E-state index in [0.29, 0.717) is 0 Å². The number of imidazole rings is 1. The molecule has 0 spiro atoms. The number of nitrogens with zero attached hydrogens (tertiary/aromatic N) is 3. The predicted octanol–water partition coefficient (Wildman–Crippen LogP) is 3.53. The number of thiazole rings is 1. The zero-order valence-electron chi connectivity index (χ0n) is 8.51. The summed E-state index contributed by atoms with van der Waals surface area (Å²) in [7, 11) is 0. The van der Waals surface area contributed by atoms with E-state index in [1.54, 1.807) is 17.5 Å². The Labute approximate surface area is 105 Å². The van der Waals surface area contributed by atoms with Crippen LogP contribution in [0.4, 0.5) is 0 Å². The number of hydrogen-bond acceptors (Lipinski definition) is 3. The van der Waals surface area contributed by atoms with Gasteiger partial charge in [-0.2, -0.15) is 0 Å². The number of halogens is 1. The molecule has 0 saturated carbocycles. The fourth-order valence-electron chi connectivity index (χ4n) is 1.62. The highest BCUT2D eigenvalue weighted by molar-refractivity contribution is 9.10. The Morgan fingerprint density at radius 2 is 2.25 bits per heavy atom. The molecule has 0 aromatic carbocycles. The predicted molar refractivity (Wildman–Crippen MR) is 68.7 cm³/mol. The standard InChI is InChI=1S/C11H8BrN3S/c1-7-8(12)2-3-10-14-9(6-15(7)10)11-13-4-5-16-11/h2-6H,1H3. The number of hydrogen-bond donors (Lipinski definition) is 0. The summed E-state index contributed by atoms with van der Waals surface area (Å²) in [5, 5.41) is 2.92. The summed E-state index contributed by atoms with van der Waals surface area (Å²) in [6.07, 6.45) is 3.82. The van der Waals surface area contributed by atoms with Gasteiger partial charge in [0.15, 0.2) is 0 Å². The summed E-state index contributed by atoms with van der Waals surface area (Å²) in [6.45, 7) is 2.06. The van der Waals surface area contributed by atoms with Gasteiger partial charge in [0.1, 0.15) is 16.3 Å². The van der Waals surface area contributed by atoms with Crippen LogP contribution in [0.25, 0.3) is 16.3 Å². The van der Waals surface area contributed by atoms with Crippen LogP contribution in [0.15, 0.2) is 34.4 Å². The number of rotatable bonds is 1. The topological polar surface area (TPSA) is 30.2 Å². The van der Waals surface area contributed by atoms with Crippen LogP contribution in [0.1, 0.15) is 5.69 Å². The lowest BCUT2D eigenvalue weighted by Crippen LogP contribution is -1.89. The third-order valence-electron chi connectivity index (χ3n) is 2.47. The largest absolute Gasteiger partial charge is 0.302 e. The van der Waals surface area contributed by atoms with E-state index < -0.39 is 0 Å². The van der Waals surface area contributed by atoms with Gasteiger partial charge in [-0.25, -0.2) is 9.97 Å². The van der Waals surface area contributed by atoms with Gasteiger partial charge in [0.2, 0.25) is 0 Å². The van der Waals surface area contributed by atoms with Crippen LogP contribution in [-0.2, 0) is 0 Å². The van der Waals surface area contributed by atoms with E-state index >= 15 is 0 Å². The van der Waals surface area contributed by atoms with E-state index in [0.717, 1.165) is 26.5 Å². The van der Waals surface area contributed by atoms with Crippen LogP contribution >= 0.6 is 27.3 Å². The first-order valence-corrected chi connectivity index (χ1v) is 6.47. The Kier molecular flexibility index (Phi) is 2.29. The average molecular weight is 294 g/mol. The Morgan fingerprint density at radius 3 is 3.00 bits per heavy atom. The van der Waals surface area contributed by atoms with Crippen molar-refractivity contribution in [1.82, 2.24) is 14.4 Å². The van der Waals surface area contributed by atoms with Crippen molar-refractivity contribution in [2.24, 2.45) is 0 Å². The molecule has 0 unspecified atom stereocenters. The lowest BCUT2D eigenvalue weighted by Gasteiger charge is -2.00. The summed E-state index contributed by atoms with van der Waals surface area (Å²) in [4.78, 5) is 8.81. The van der Waals surface area contributed by atoms with Gasteiger partial charge < -0.3 is 4.40 Å². The number of fused-ring (bicyclic) bond motifs is 1. The first-order chi connectivity index (χ1) is 7.75. The molecule has 0 aliphatic rings. The fourth-order valence-corrected chi connectivity index (χ4v) is 2.53. The van der Waals surface area contributed by atoms with Crippen LogP contribution in [0.5, 0.6) is 0 Å². The van der Waals surface area contributed by atoms with Crippen LogP contribution in [0, 0.1) is 6.92 Å². The molecule has 3 aromatic heterocycles. The summed E-state index contributed by atoms with van der Waals surface area (Å²) in [6, 6.07) is 4.01. The van der Waals surface area contributed by atoms with Gasteiger partial charge in [0.05, 0.1) is 0 Å². The molecule has 0 saturated heterocycles. The normalized spacial score (nSPS) is 11.1. The molecule has 0 amide bonds. The van der Waals surface area contributed by atoms with Crippen LogP contribution in [-0.4, -0.2) is 14.4 Å². The first kappa shape index (κ1) is 9.99. The first-order valence-electron chi connectivity index (χ1n) is 4.80. The molecule has 0 N–H and O–H groups in total. The van der Waals surface area contributed by atoms with Crippen molar-refractivity contribution >= 4 is 32.9 Å². The second-order valence-corrected chi connectivity index (χ2v) is 5.21. The SMILES string of the molecule is Cc1c(Br)ccc2nc(-c3nccs3)cn12. The van der Waals surface area contributed by atoms with E-state index in [9.17, 15) is 0 Å². The van der Waals surface area contributed by atoms with Crippen molar-refractivity contribution in [3.63, 3.8) is 0 Å². The molecule has 5 heteroatoms. The molecule has 0 fully saturated rings. The molecule has 0 radical (unpaired) electrons. The smallest absolute Gasteiger partial charge is 0.143 e. The van der Waals surface area contributed by atoms with Gasteiger partial charge >= 0.3 is 0 Å². The molecule has 3 nitrogen and oxygen atoms in total. The fraction of sp³-hybridized carbons (Fsp3) is 0.0909. The highest BCUT2D eigenvalue weighted by Gasteiger charge is 2.08. The Bertz CT molecular complexity index is 643. The third-order valence-corrected chi connectivity index (χ3v) is 4.10. The van der Waals surface area contributed by atoms with E-state index in [4.69, 9.17) is 0 Å². The maximum atomic E-state index is 4.55. The van der Waals surface area contributed by atoms with Crippen molar-refractivity contribution in [1.29, 1.82) is 0 Å². The molecule has 3 aromatic rings. The number of aromatic nitrogens is 3. The highest BCUT2D eigenvalue weighted by Crippen LogP contribution is 2.24. The van der Waals surface area contributed by atoms with Crippen molar-refractivity contribution in [3.8, 4) is 10.7 Å². The van der Waals surface area contributed by atoms with Crippen LogP contribution in [0.2, 0.25) is 0 Å². The molecule has 3 rings (SSSR count). The van der Waals surface area contributed by atoms with Crippen molar-refractivity contribution < 1.29 is 0 Å². The zero-order valence-corrected chi connectivity index (χ0v) is 10.9. The van der Waals surface area contributed by atoms with Crippen molar-refractivity contribution in [3.05, 3.63) is 40.1 Å². The lowest BCUT2D eigenvalue weighted by atomic mass is 10.4. The quantitative estimate of drug-likeness (QED) is 0.687. The summed E-state index contributed by atoms with van der Waals surface area (Å²) >= 11 is 5.12. The van der Waals surface area contributed by atoms with Crippen molar-refractivity contribution in [2.45, 2.75) is 6.92 Å². The van der Waals surface area contributed by atoms with Gasteiger partial charge in [0, 0.05) is 27.9 Å². The van der Waals surface area contributed by atoms with Gasteiger partial charge in [-0.3, -0.25) is 0 Å². The number of pyridine rings is 1. The second kappa shape index (κ2) is 3.68. The maximum absolute atomic E-state index is 4.55. The maximum Gasteiger partial charge on any atom is 0.143 e. The van der Waals surface area contributed by atoms with Gasteiger partial charge in [0.25, 0.3) is 0 Å². The minimum Gasteiger partial charge on any atom is -0.302 e. The van der Waals surface area contributed by atoms with E-state index in [1.165, 1.54) is 0 Å². The van der Waals surface area contributed by atoms with Crippen LogP contribution in [0.3, 0.4) is 0 Å². The molecular weight excluding hydrogens is 286 g/mol. The molecule has 80 valence electrons. The molecule has 3 heterocycles. The average Bonchev–Trinajstić information content (AvgIpc) is 2.91. The van der Waals surface area contributed by atoms with Gasteiger partial charge in [-0.1, -0.05) is 0 Å². The van der Waals surface area contributed by atoms with E-state index in [1.807, 2.05) is 23.7 Å². The second-order valence-electron chi connectivity index (χ2n) is 3.46. The molecule has 16 heavy (non-hydrogen) atoms. The minimum absolute atomic E-state index is 0.927. The molecular formula is C11H8BrN3S. The minimum atomic E-state index is 0.927. The Hall–Kier alpha value is -1.20.